The zero-order valence-corrected chi connectivity index (χ0v) is 9.67. The molecule has 0 saturated carbocycles. The van der Waals surface area contributed by atoms with Gasteiger partial charge in [-0.1, -0.05) is 0 Å². The minimum Gasteiger partial charge on any atom is -0.392 e. The van der Waals surface area contributed by atoms with Gasteiger partial charge in [0.15, 0.2) is 0 Å². The fraction of sp³-hybridized carbons (Fsp3) is 0.545. The quantitative estimate of drug-likeness (QED) is 0.834. The van der Waals surface area contributed by atoms with Crippen LogP contribution in [0.3, 0.4) is 0 Å². The van der Waals surface area contributed by atoms with Gasteiger partial charge in [-0.25, -0.2) is 4.98 Å². The average Bonchev–Trinajstić information content (AvgIpc) is 2.38. The maximum Gasteiger partial charge on any atom is 0.419 e. The van der Waals surface area contributed by atoms with Gasteiger partial charge in [0.05, 0.1) is 12.2 Å². The standard InChI is InChI=1S/C11H14F3N3O/c12-11(13,14)9-5-8(7-18)6-16-10(9)17-3-1-15-2-4-17/h5-6,15,18H,1-4,7H2. The Labute approximate surface area is 102 Å². The van der Waals surface area contributed by atoms with E-state index in [1.54, 1.807) is 4.90 Å². The van der Waals surface area contributed by atoms with Gasteiger partial charge >= 0.3 is 6.18 Å². The summed E-state index contributed by atoms with van der Waals surface area (Å²) in [5, 5.41) is 12.0. The summed E-state index contributed by atoms with van der Waals surface area (Å²) in [6.07, 6.45) is -3.18. The van der Waals surface area contributed by atoms with Crippen molar-refractivity contribution in [3.05, 3.63) is 23.4 Å². The van der Waals surface area contributed by atoms with Crippen LogP contribution in [0.15, 0.2) is 12.3 Å². The zero-order chi connectivity index (χ0) is 13.2. The summed E-state index contributed by atoms with van der Waals surface area (Å²) in [6, 6.07) is 0.963. The van der Waals surface area contributed by atoms with E-state index < -0.39 is 18.3 Å². The molecule has 0 atom stereocenters. The van der Waals surface area contributed by atoms with Gasteiger partial charge in [-0.3, -0.25) is 0 Å². The molecule has 1 saturated heterocycles. The van der Waals surface area contributed by atoms with Crippen molar-refractivity contribution in [1.29, 1.82) is 0 Å². The molecular weight excluding hydrogens is 247 g/mol. The Bertz CT molecular complexity index is 416. The Kier molecular flexibility index (Phi) is 3.72. The molecule has 7 heteroatoms. The monoisotopic (exact) mass is 261 g/mol. The summed E-state index contributed by atoms with van der Waals surface area (Å²) in [7, 11) is 0. The largest absolute Gasteiger partial charge is 0.419 e. The second-order valence-electron chi connectivity index (χ2n) is 4.11. The third-order valence-corrected chi connectivity index (χ3v) is 2.83. The number of anilines is 1. The number of aliphatic hydroxyl groups excluding tert-OH is 1. The average molecular weight is 261 g/mol. The van der Waals surface area contributed by atoms with Crippen molar-refractivity contribution in [2.24, 2.45) is 0 Å². The SMILES string of the molecule is OCc1cnc(N2CCNCC2)c(C(F)(F)F)c1. The lowest BCUT2D eigenvalue weighted by atomic mass is 10.1. The first kappa shape index (κ1) is 13.1. The molecule has 1 aliphatic heterocycles. The predicted octanol–water partition coefficient (Wildman–Crippen LogP) is 1.00. The van der Waals surface area contributed by atoms with E-state index in [1.807, 2.05) is 0 Å². The predicted molar refractivity (Wildman–Crippen MR) is 60.2 cm³/mol. The molecule has 2 heterocycles. The molecule has 1 aliphatic rings. The normalized spacial score (nSPS) is 17.0. The minimum atomic E-state index is -4.46. The number of hydrogen-bond donors (Lipinski definition) is 2. The number of piperazine rings is 1. The van der Waals surface area contributed by atoms with Gasteiger partial charge in [0.2, 0.25) is 0 Å². The molecule has 0 aliphatic carbocycles. The smallest absolute Gasteiger partial charge is 0.392 e. The van der Waals surface area contributed by atoms with E-state index in [1.165, 1.54) is 6.20 Å². The Hall–Kier alpha value is -1.34. The fourth-order valence-electron chi connectivity index (χ4n) is 1.92. The molecule has 2 rings (SSSR count). The maximum absolute atomic E-state index is 13.0. The van der Waals surface area contributed by atoms with Crippen LogP contribution < -0.4 is 10.2 Å². The van der Waals surface area contributed by atoms with Crippen molar-refractivity contribution in [3.8, 4) is 0 Å². The molecule has 100 valence electrons. The summed E-state index contributed by atoms with van der Waals surface area (Å²) >= 11 is 0. The molecular formula is C11H14F3N3O. The van der Waals surface area contributed by atoms with Gasteiger partial charge in [0, 0.05) is 32.4 Å². The maximum atomic E-state index is 13.0. The van der Waals surface area contributed by atoms with Gasteiger partial charge in [0.1, 0.15) is 5.82 Å². The summed E-state index contributed by atoms with van der Waals surface area (Å²) < 4.78 is 38.9. The van der Waals surface area contributed by atoms with E-state index in [9.17, 15) is 13.2 Å². The molecule has 0 spiro atoms. The summed E-state index contributed by atoms with van der Waals surface area (Å²) in [6.45, 7) is 1.82. The van der Waals surface area contributed by atoms with Crippen molar-refractivity contribution < 1.29 is 18.3 Å². The number of aromatic nitrogens is 1. The third-order valence-electron chi connectivity index (χ3n) is 2.83. The van der Waals surface area contributed by atoms with E-state index in [4.69, 9.17) is 5.11 Å². The Morgan fingerprint density at radius 1 is 1.33 bits per heavy atom. The highest BCUT2D eigenvalue weighted by Crippen LogP contribution is 2.36. The molecule has 1 aromatic heterocycles. The first-order valence-electron chi connectivity index (χ1n) is 5.65. The number of nitrogens with one attached hydrogen (secondary N) is 1. The Morgan fingerprint density at radius 3 is 2.56 bits per heavy atom. The van der Waals surface area contributed by atoms with Gasteiger partial charge in [0.25, 0.3) is 0 Å². The number of nitrogens with zero attached hydrogens (tertiary/aromatic N) is 2. The number of aliphatic hydroxyl groups is 1. The molecule has 2 N–H and O–H groups in total. The number of hydrogen-bond acceptors (Lipinski definition) is 4. The van der Waals surface area contributed by atoms with Crippen molar-refractivity contribution in [2.75, 3.05) is 31.1 Å². The summed E-state index contributed by atoms with van der Waals surface area (Å²) in [5.41, 5.74) is -0.614. The molecule has 0 bridgehead atoms. The first-order chi connectivity index (χ1) is 8.52. The second kappa shape index (κ2) is 5.11. The van der Waals surface area contributed by atoms with Crippen molar-refractivity contribution in [2.45, 2.75) is 12.8 Å². The summed E-state index contributed by atoms with van der Waals surface area (Å²) in [5.74, 6) is -0.0544. The molecule has 0 unspecified atom stereocenters. The van der Waals surface area contributed by atoms with Crippen molar-refractivity contribution >= 4 is 5.82 Å². The Morgan fingerprint density at radius 2 is 2.00 bits per heavy atom. The van der Waals surface area contributed by atoms with Crippen LogP contribution in [-0.2, 0) is 12.8 Å². The van der Waals surface area contributed by atoms with E-state index in [0.717, 1.165) is 6.07 Å². The van der Waals surface area contributed by atoms with Crippen molar-refractivity contribution in [1.82, 2.24) is 10.3 Å². The van der Waals surface area contributed by atoms with Crippen LogP contribution in [0.25, 0.3) is 0 Å². The summed E-state index contributed by atoms with van der Waals surface area (Å²) in [4.78, 5) is 5.47. The highest BCUT2D eigenvalue weighted by Gasteiger charge is 2.36. The lowest BCUT2D eigenvalue weighted by Gasteiger charge is -2.30. The van der Waals surface area contributed by atoms with Crippen LogP contribution in [0.5, 0.6) is 0 Å². The van der Waals surface area contributed by atoms with Crippen LogP contribution in [0.2, 0.25) is 0 Å². The molecule has 18 heavy (non-hydrogen) atoms. The lowest BCUT2D eigenvalue weighted by molar-refractivity contribution is -0.137. The lowest BCUT2D eigenvalue weighted by Crippen LogP contribution is -2.44. The van der Waals surface area contributed by atoms with Gasteiger partial charge in [-0.05, 0) is 11.6 Å². The van der Waals surface area contributed by atoms with E-state index in [0.29, 0.717) is 26.2 Å². The third kappa shape index (κ3) is 2.73. The Balaban J connectivity index is 2.38. The minimum absolute atomic E-state index is 0.0544. The highest BCUT2D eigenvalue weighted by atomic mass is 19.4. The van der Waals surface area contributed by atoms with Gasteiger partial charge in [-0.2, -0.15) is 13.2 Å². The number of rotatable bonds is 2. The fourth-order valence-corrected chi connectivity index (χ4v) is 1.92. The van der Waals surface area contributed by atoms with Gasteiger partial charge in [-0.15, -0.1) is 0 Å². The second-order valence-corrected chi connectivity index (χ2v) is 4.11. The van der Waals surface area contributed by atoms with Gasteiger partial charge < -0.3 is 15.3 Å². The van der Waals surface area contributed by atoms with Crippen LogP contribution in [0.1, 0.15) is 11.1 Å². The molecule has 0 radical (unpaired) electrons. The zero-order valence-electron chi connectivity index (χ0n) is 9.67. The van der Waals surface area contributed by atoms with Crippen LogP contribution in [0, 0.1) is 0 Å². The molecule has 0 aromatic carbocycles. The van der Waals surface area contributed by atoms with E-state index in [-0.39, 0.29) is 11.4 Å². The van der Waals surface area contributed by atoms with Crippen LogP contribution in [0.4, 0.5) is 19.0 Å². The molecule has 4 nitrogen and oxygen atoms in total. The number of halogens is 3. The number of pyridine rings is 1. The van der Waals surface area contributed by atoms with Crippen LogP contribution >= 0.6 is 0 Å². The van der Waals surface area contributed by atoms with Crippen LogP contribution in [-0.4, -0.2) is 36.3 Å². The first-order valence-corrected chi connectivity index (χ1v) is 5.65. The van der Waals surface area contributed by atoms with Crippen molar-refractivity contribution in [3.63, 3.8) is 0 Å². The molecule has 0 amide bonds. The molecule has 1 fully saturated rings. The highest BCUT2D eigenvalue weighted by molar-refractivity contribution is 5.50. The van der Waals surface area contributed by atoms with E-state index in [2.05, 4.69) is 10.3 Å². The van der Waals surface area contributed by atoms with E-state index >= 15 is 0 Å². The molecule has 1 aromatic rings. The topological polar surface area (TPSA) is 48.4 Å². The number of alkyl halides is 3.